The van der Waals surface area contributed by atoms with E-state index in [1.54, 1.807) is 13.0 Å². The lowest BCUT2D eigenvalue weighted by molar-refractivity contribution is -0.137. The van der Waals surface area contributed by atoms with Gasteiger partial charge in [0.2, 0.25) is 5.91 Å². The molecule has 0 saturated heterocycles. The van der Waals surface area contributed by atoms with Crippen molar-refractivity contribution in [1.82, 2.24) is 5.32 Å². The number of amides is 1. The molecule has 0 aliphatic heterocycles. The van der Waals surface area contributed by atoms with Gasteiger partial charge in [0, 0.05) is 12.5 Å². The fourth-order valence-electron chi connectivity index (χ4n) is 2.29. The van der Waals surface area contributed by atoms with Gasteiger partial charge in [-0.15, -0.1) is 12.4 Å². The first-order chi connectivity index (χ1) is 10.4. The maximum atomic E-state index is 12.9. The topological polar surface area (TPSA) is 55.1 Å². The van der Waals surface area contributed by atoms with E-state index < -0.39 is 23.2 Å². The maximum Gasteiger partial charge on any atom is 0.416 e. The van der Waals surface area contributed by atoms with Gasteiger partial charge in [-0.3, -0.25) is 4.79 Å². The average molecular weight is 367 g/mol. The SMILES string of the molecule is CC(N)CCC(=O)NC(c1cccc(C(F)(F)F)c1)C(C)(C)C.Cl. The summed E-state index contributed by atoms with van der Waals surface area (Å²) in [6.07, 6.45) is -3.62. The number of hydrogen-bond acceptors (Lipinski definition) is 2. The summed E-state index contributed by atoms with van der Waals surface area (Å²) in [4.78, 5) is 12.1. The summed E-state index contributed by atoms with van der Waals surface area (Å²) in [5.74, 6) is -0.209. The number of benzene rings is 1. The van der Waals surface area contributed by atoms with Crippen LogP contribution in [-0.4, -0.2) is 11.9 Å². The number of rotatable bonds is 5. The van der Waals surface area contributed by atoms with Crippen molar-refractivity contribution in [3.05, 3.63) is 35.4 Å². The van der Waals surface area contributed by atoms with Crippen molar-refractivity contribution in [2.75, 3.05) is 0 Å². The van der Waals surface area contributed by atoms with E-state index >= 15 is 0 Å². The standard InChI is InChI=1S/C17H25F3N2O.ClH/c1-11(21)8-9-14(23)22-15(16(2,3)4)12-6-5-7-13(10-12)17(18,19)20;/h5-7,10-11,15H,8-9,21H2,1-4H3,(H,22,23);1H. The van der Waals surface area contributed by atoms with Crippen LogP contribution in [0.2, 0.25) is 0 Å². The Kier molecular flexibility index (Phi) is 8.26. The quantitative estimate of drug-likeness (QED) is 0.808. The van der Waals surface area contributed by atoms with Crippen molar-refractivity contribution < 1.29 is 18.0 Å². The summed E-state index contributed by atoms with van der Waals surface area (Å²) < 4.78 is 38.7. The maximum absolute atomic E-state index is 12.9. The molecule has 2 atom stereocenters. The molecule has 0 aliphatic rings. The van der Waals surface area contributed by atoms with E-state index in [2.05, 4.69) is 5.32 Å². The molecule has 0 radical (unpaired) electrons. The van der Waals surface area contributed by atoms with Crippen molar-refractivity contribution in [3.63, 3.8) is 0 Å². The van der Waals surface area contributed by atoms with Gasteiger partial charge in [-0.25, -0.2) is 0 Å². The highest BCUT2D eigenvalue weighted by Gasteiger charge is 2.33. The van der Waals surface area contributed by atoms with E-state index in [1.165, 1.54) is 6.07 Å². The van der Waals surface area contributed by atoms with E-state index in [9.17, 15) is 18.0 Å². The molecule has 7 heteroatoms. The van der Waals surface area contributed by atoms with Gasteiger partial charge < -0.3 is 11.1 Å². The highest BCUT2D eigenvalue weighted by atomic mass is 35.5. The van der Waals surface area contributed by atoms with Crippen molar-refractivity contribution in [3.8, 4) is 0 Å². The summed E-state index contributed by atoms with van der Waals surface area (Å²) in [6, 6.07) is 4.50. The zero-order chi connectivity index (χ0) is 17.8. The smallest absolute Gasteiger partial charge is 0.349 e. The van der Waals surface area contributed by atoms with Crippen LogP contribution in [-0.2, 0) is 11.0 Å². The van der Waals surface area contributed by atoms with E-state index in [0.717, 1.165) is 12.1 Å². The zero-order valence-electron chi connectivity index (χ0n) is 14.4. The molecule has 3 nitrogen and oxygen atoms in total. The Morgan fingerprint density at radius 3 is 2.29 bits per heavy atom. The number of carbonyl (C=O) groups is 1. The van der Waals surface area contributed by atoms with E-state index in [-0.39, 0.29) is 30.8 Å². The lowest BCUT2D eigenvalue weighted by Gasteiger charge is -2.32. The van der Waals surface area contributed by atoms with E-state index in [4.69, 9.17) is 5.73 Å². The van der Waals surface area contributed by atoms with Crippen LogP contribution in [0.5, 0.6) is 0 Å². The van der Waals surface area contributed by atoms with Gasteiger partial charge >= 0.3 is 6.18 Å². The van der Waals surface area contributed by atoms with Gasteiger partial charge in [0.05, 0.1) is 11.6 Å². The number of halogens is 4. The highest BCUT2D eigenvalue weighted by Crippen LogP contribution is 2.36. The van der Waals surface area contributed by atoms with Crippen LogP contribution in [0, 0.1) is 5.41 Å². The second-order valence-corrected chi connectivity index (χ2v) is 7.01. The highest BCUT2D eigenvalue weighted by molar-refractivity contribution is 5.85. The molecule has 1 rings (SSSR count). The minimum atomic E-state index is -4.41. The Morgan fingerprint density at radius 1 is 1.25 bits per heavy atom. The third-order valence-corrected chi connectivity index (χ3v) is 3.55. The number of nitrogens with two attached hydrogens (primary N) is 1. The average Bonchev–Trinajstić information content (AvgIpc) is 2.40. The summed E-state index contributed by atoms with van der Waals surface area (Å²) in [5, 5.41) is 2.85. The largest absolute Gasteiger partial charge is 0.416 e. The fraction of sp³-hybridized carbons (Fsp3) is 0.588. The fourth-order valence-corrected chi connectivity index (χ4v) is 2.29. The molecule has 1 amide bonds. The van der Waals surface area contributed by atoms with Gasteiger partial charge in [0.25, 0.3) is 0 Å². The van der Waals surface area contributed by atoms with Crippen molar-refractivity contribution in [2.24, 2.45) is 11.1 Å². The predicted molar refractivity (Wildman–Crippen MR) is 91.9 cm³/mol. The normalized spacial score (nSPS) is 14.5. The summed E-state index contributed by atoms with van der Waals surface area (Å²) in [6.45, 7) is 7.44. The van der Waals surface area contributed by atoms with Gasteiger partial charge in [-0.05, 0) is 36.5 Å². The second-order valence-electron chi connectivity index (χ2n) is 7.01. The molecule has 1 aromatic rings. The van der Waals surface area contributed by atoms with Gasteiger partial charge in [0.1, 0.15) is 0 Å². The minimum Gasteiger partial charge on any atom is -0.349 e. The van der Waals surface area contributed by atoms with Crippen molar-refractivity contribution in [2.45, 2.75) is 58.8 Å². The van der Waals surface area contributed by atoms with Crippen LogP contribution in [0.1, 0.15) is 57.7 Å². The van der Waals surface area contributed by atoms with E-state index in [0.29, 0.717) is 12.0 Å². The Labute approximate surface area is 147 Å². The molecule has 0 aliphatic carbocycles. The van der Waals surface area contributed by atoms with Crippen LogP contribution < -0.4 is 11.1 Å². The monoisotopic (exact) mass is 366 g/mol. The second kappa shape index (κ2) is 8.72. The number of alkyl halides is 3. The lowest BCUT2D eigenvalue weighted by Crippen LogP contribution is -2.37. The predicted octanol–water partition coefficient (Wildman–Crippen LogP) is 4.46. The Hall–Kier alpha value is -1.27. The van der Waals surface area contributed by atoms with Crippen LogP contribution in [0.3, 0.4) is 0 Å². The molecule has 0 spiro atoms. The van der Waals surface area contributed by atoms with Crippen LogP contribution >= 0.6 is 12.4 Å². The van der Waals surface area contributed by atoms with Gasteiger partial charge in [-0.1, -0.05) is 32.9 Å². The van der Waals surface area contributed by atoms with Gasteiger partial charge in [-0.2, -0.15) is 13.2 Å². The Bertz CT molecular complexity index is 539. The number of carbonyl (C=O) groups excluding carboxylic acids is 1. The summed E-state index contributed by atoms with van der Waals surface area (Å²) >= 11 is 0. The van der Waals surface area contributed by atoms with Gasteiger partial charge in [0.15, 0.2) is 0 Å². The molecule has 24 heavy (non-hydrogen) atoms. The first-order valence-corrected chi connectivity index (χ1v) is 7.63. The van der Waals surface area contributed by atoms with Crippen LogP contribution in [0.25, 0.3) is 0 Å². The lowest BCUT2D eigenvalue weighted by atomic mass is 9.81. The Balaban J connectivity index is 0.00000529. The molecule has 1 aromatic carbocycles. The molecule has 0 aromatic heterocycles. The van der Waals surface area contributed by atoms with Crippen molar-refractivity contribution in [1.29, 1.82) is 0 Å². The molecular weight excluding hydrogens is 341 g/mol. The molecule has 3 N–H and O–H groups in total. The summed E-state index contributed by atoms with van der Waals surface area (Å²) in [5.41, 5.74) is 4.94. The zero-order valence-corrected chi connectivity index (χ0v) is 15.2. The molecule has 0 fully saturated rings. The molecule has 0 heterocycles. The molecule has 2 unspecified atom stereocenters. The summed E-state index contributed by atoms with van der Waals surface area (Å²) in [7, 11) is 0. The Morgan fingerprint density at radius 2 is 1.83 bits per heavy atom. The first-order valence-electron chi connectivity index (χ1n) is 7.63. The minimum absolute atomic E-state index is 0. The molecule has 0 saturated carbocycles. The van der Waals surface area contributed by atoms with E-state index in [1.807, 2.05) is 20.8 Å². The van der Waals surface area contributed by atoms with Crippen LogP contribution in [0.4, 0.5) is 13.2 Å². The third-order valence-electron chi connectivity index (χ3n) is 3.55. The van der Waals surface area contributed by atoms with Crippen LogP contribution in [0.15, 0.2) is 24.3 Å². The van der Waals surface area contributed by atoms with Crippen molar-refractivity contribution >= 4 is 18.3 Å². The molecule has 0 bridgehead atoms. The first kappa shape index (κ1) is 22.7. The molecular formula is C17H26ClF3N2O. The molecule has 138 valence electrons. The number of hydrogen-bond donors (Lipinski definition) is 2. The number of nitrogens with one attached hydrogen (secondary N) is 1. The third kappa shape index (κ3) is 7.09.